The number of aliphatic imine (C=N–C) groups is 1. The molecule has 0 N–H and O–H groups in total. The molecule has 0 bridgehead atoms. The number of unbranched alkanes of at least 4 members (excludes halogenated alkanes) is 1. The molecule has 1 aromatic carbocycles. The predicted molar refractivity (Wildman–Crippen MR) is 94.4 cm³/mol. The van der Waals surface area contributed by atoms with Crippen LogP contribution in [0, 0.1) is 19.3 Å². The van der Waals surface area contributed by atoms with E-state index in [9.17, 15) is 0 Å². The molecule has 0 amide bonds. The van der Waals surface area contributed by atoms with Crippen molar-refractivity contribution in [1.82, 2.24) is 4.90 Å². The molecule has 1 aliphatic carbocycles. The molecule has 0 atom stereocenters. The average molecular weight is 302 g/mol. The van der Waals surface area contributed by atoms with Gasteiger partial charge in [0.1, 0.15) is 5.75 Å². The van der Waals surface area contributed by atoms with Crippen LogP contribution in [0.2, 0.25) is 0 Å². The van der Waals surface area contributed by atoms with Crippen molar-refractivity contribution in [1.29, 1.82) is 0 Å². The van der Waals surface area contributed by atoms with Crippen LogP contribution in [0.1, 0.15) is 50.7 Å². The van der Waals surface area contributed by atoms with Crippen molar-refractivity contribution in [2.45, 2.75) is 53.4 Å². The summed E-state index contributed by atoms with van der Waals surface area (Å²) in [5.74, 6) is 1.00. The van der Waals surface area contributed by atoms with Crippen LogP contribution in [-0.4, -0.2) is 31.4 Å². The number of ether oxygens (including phenoxy) is 1. The lowest BCUT2D eigenvalue weighted by Gasteiger charge is -2.15. The van der Waals surface area contributed by atoms with Gasteiger partial charge in [-0.15, -0.1) is 0 Å². The third kappa shape index (κ3) is 4.75. The largest absolute Gasteiger partial charge is 0.493 e. The Morgan fingerprint density at radius 2 is 2.00 bits per heavy atom. The molecule has 0 unspecified atom stereocenters. The third-order valence-electron chi connectivity index (χ3n) is 4.43. The highest BCUT2D eigenvalue weighted by Gasteiger charge is 2.38. The molecule has 122 valence electrons. The van der Waals surface area contributed by atoms with Crippen LogP contribution < -0.4 is 4.74 Å². The van der Waals surface area contributed by atoms with Crippen molar-refractivity contribution in [2.75, 3.05) is 20.2 Å². The summed E-state index contributed by atoms with van der Waals surface area (Å²) in [7, 11) is 2.08. The Hall–Kier alpha value is -1.51. The van der Waals surface area contributed by atoms with E-state index in [4.69, 9.17) is 4.74 Å². The maximum absolute atomic E-state index is 6.02. The molecule has 3 heteroatoms. The predicted octanol–water partition coefficient (Wildman–Crippen LogP) is 4.87. The molecule has 0 radical (unpaired) electrons. The first-order chi connectivity index (χ1) is 10.4. The van der Waals surface area contributed by atoms with Gasteiger partial charge in [0.25, 0.3) is 0 Å². The topological polar surface area (TPSA) is 24.8 Å². The molecular formula is C19H30N2O. The fourth-order valence-electron chi connectivity index (χ4n) is 2.30. The summed E-state index contributed by atoms with van der Waals surface area (Å²) >= 11 is 0. The van der Waals surface area contributed by atoms with Gasteiger partial charge < -0.3 is 9.64 Å². The lowest BCUT2D eigenvalue weighted by Crippen LogP contribution is -2.16. The lowest BCUT2D eigenvalue weighted by molar-refractivity contribution is 0.246. The fourth-order valence-corrected chi connectivity index (χ4v) is 2.30. The molecule has 1 aromatic rings. The Bertz CT molecular complexity index is 532. The molecule has 1 aliphatic rings. The molecule has 3 nitrogen and oxygen atoms in total. The van der Waals surface area contributed by atoms with Gasteiger partial charge in [-0.3, -0.25) is 0 Å². The number of rotatable bonds is 8. The lowest BCUT2D eigenvalue weighted by atomic mass is 10.1. The Morgan fingerprint density at radius 1 is 1.27 bits per heavy atom. The highest BCUT2D eigenvalue weighted by atomic mass is 16.5. The maximum atomic E-state index is 6.02. The summed E-state index contributed by atoms with van der Waals surface area (Å²) in [5.41, 5.74) is 3.78. The maximum Gasteiger partial charge on any atom is 0.122 e. The summed E-state index contributed by atoms with van der Waals surface area (Å²) in [4.78, 5) is 6.78. The molecule has 0 aliphatic heterocycles. The van der Waals surface area contributed by atoms with Gasteiger partial charge >= 0.3 is 0 Å². The molecular weight excluding hydrogens is 272 g/mol. The second-order valence-corrected chi connectivity index (χ2v) is 7.08. The van der Waals surface area contributed by atoms with Crippen molar-refractivity contribution in [3.8, 4) is 5.75 Å². The number of hydrogen-bond acceptors (Lipinski definition) is 2. The number of benzene rings is 1. The minimum Gasteiger partial charge on any atom is -0.493 e. The highest BCUT2D eigenvalue weighted by Crippen LogP contribution is 2.45. The average Bonchev–Trinajstić information content (AvgIpc) is 3.22. The number of hydrogen-bond donors (Lipinski definition) is 0. The summed E-state index contributed by atoms with van der Waals surface area (Å²) in [6.07, 6.45) is 6.92. The van der Waals surface area contributed by atoms with E-state index in [1.54, 1.807) is 0 Å². The molecule has 0 aromatic heterocycles. The number of nitrogens with zero attached hydrogens (tertiary/aromatic N) is 2. The minimum absolute atomic E-state index is 0.416. The Morgan fingerprint density at radius 3 is 2.64 bits per heavy atom. The van der Waals surface area contributed by atoms with E-state index < -0.39 is 0 Å². The second-order valence-electron chi connectivity index (χ2n) is 7.08. The zero-order chi connectivity index (χ0) is 16.2. The van der Waals surface area contributed by atoms with Gasteiger partial charge in [-0.2, -0.15) is 0 Å². The Balaban J connectivity index is 2.00. The van der Waals surface area contributed by atoms with Crippen LogP contribution in [0.5, 0.6) is 5.75 Å². The van der Waals surface area contributed by atoms with E-state index in [-0.39, 0.29) is 0 Å². The summed E-state index contributed by atoms with van der Waals surface area (Å²) in [6.45, 7) is 10.6. The molecule has 1 fully saturated rings. The first kappa shape index (κ1) is 16.9. The van der Waals surface area contributed by atoms with Gasteiger partial charge in [0, 0.05) is 19.0 Å². The van der Waals surface area contributed by atoms with Crippen molar-refractivity contribution in [3.63, 3.8) is 0 Å². The van der Waals surface area contributed by atoms with Crippen molar-refractivity contribution < 1.29 is 4.74 Å². The van der Waals surface area contributed by atoms with E-state index in [0.29, 0.717) is 5.41 Å². The quantitative estimate of drug-likeness (QED) is 0.505. The van der Waals surface area contributed by atoms with Crippen LogP contribution in [0.4, 0.5) is 5.69 Å². The third-order valence-corrected chi connectivity index (χ3v) is 4.43. The molecule has 0 saturated heterocycles. The van der Waals surface area contributed by atoms with Crippen molar-refractivity contribution in [2.24, 2.45) is 10.4 Å². The Kier molecular flexibility index (Phi) is 5.49. The highest BCUT2D eigenvalue weighted by molar-refractivity contribution is 5.64. The van der Waals surface area contributed by atoms with Crippen LogP contribution in [0.25, 0.3) is 0 Å². The zero-order valence-corrected chi connectivity index (χ0v) is 14.8. The summed E-state index contributed by atoms with van der Waals surface area (Å²) < 4.78 is 6.02. The SMILES string of the molecule is CCCCN(C)/C=N/c1cc(C)c(OCC2(C)CC2)cc1C. The van der Waals surface area contributed by atoms with Gasteiger partial charge in [-0.25, -0.2) is 4.99 Å². The second kappa shape index (κ2) is 7.17. The normalized spacial score (nSPS) is 16.0. The zero-order valence-electron chi connectivity index (χ0n) is 14.8. The molecule has 2 rings (SSSR count). The van der Waals surface area contributed by atoms with Gasteiger partial charge in [0.2, 0.25) is 0 Å². The smallest absolute Gasteiger partial charge is 0.122 e. The van der Waals surface area contributed by atoms with E-state index in [1.807, 2.05) is 6.34 Å². The standard InChI is InChI=1S/C19H30N2O/c1-6-7-10-21(5)14-20-17-11-16(3)18(12-15(17)2)22-13-19(4)8-9-19/h11-12,14H,6-10,13H2,1-5H3/b20-14+. The molecule has 1 saturated carbocycles. The van der Waals surface area contributed by atoms with Crippen molar-refractivity contribution >= 4 is 12.0 Å². The van der Waals surface area contributed by atoms with Crippen LogP contribution in [0.3, 0.4) is 0 Å². The van der Waals surface area contributed by atoms with Crippen LogP contribution in [-0.2, 0) is 0 Å². The summed E-state index contributed by atoms with van der Waals surface area (Å²) in [6, 6.07) is 4.25. The first-order valence-electron chi connectivity index (χ1n) is 8.42. The minimum atomic E-state index is 0.416. The van der Waals surface area contributed by atoms with Gasteiger partial charge in [0.05, 0.1) is 18.6 Å². The Labute approximate surface area is 135 Å². The molecule has 0 heterocycles. The summed E-state index contributed by atoms with van der Waals surface area (Å²) in [5, 5.41) is 0. The van der Waals surface area contributed by atoms with Crippen LogP contribution in [0.15, 0.2) is 17.1 Å². The first-order valence-corrected chi connectivity index (χ1v) is 8.42. The van der Waals surface area contributed by atoms with Gasteiger partial charge in [0.15, 0.2) is 0 Å². The van der Waals surface area contributed by atoms with Crippen molar-refractivity contribution in [3.05, 3.63) is 23.3 Å². The fraction of sp³-hybridized carbons (Fsp3) is 0.632. The number of aryl methyl sites for hydroxylation is 2. The van der Waals surface area contributed by atoms with E-state index in [1.165, 1.54) is 36.8 Å². The molecule has 22 heavy (non-hydrogen) atoms. The van der Waals surface area contributed by atoms with Gasteiger partial charge in [-0.05, 0) is 56.4 Å². The molecule has 0 spiro atoms. The van der Waals surface area contributed by atoms with E-state index in [0.717, 1.165) is 24.6 Å². The van der Waals surface area contributed by atoms with Gasteiger partial charge in [-0.1, -0.05) is 20.3 Å². The van der Waals surface area contributed by atoms with E-state index in [2.05, 4.69) is 56.8 Å². The van der Waals surface area contributed by atoms with E-state index >= 15 is 0 Å². The van der Waals surface area contributed by atoms with Crippen LogP contribution >= 0.6 is 0 Å². The monoisotopic (exact) mass is 302 g/mol.